The van der Waals surface area contributed by atoms with Gasteiger partial charge in [0.1, 0.15) is 5.82 Å². The number of benzene rings is 1. The first-order chi connectivity index (χ1) is 12.3. The van der Waals surface area contributed by atoms with Crippen molar-refractivity contribution in [3.63, 3.8) is 0 Å². The van der Waals surface area contributed by atoms with Gasteiger partial charge in [0.25, 0.3) is 5.91 Å². The predicted molar refractivity (Wildman–Crippen MR) is 108 cm³/mol. The number of allylic oxidation sites excluding steroid dienone is 1. The normalized spacial score (nSPS) is 18.5. The fourth-order valence-corrected chi connectivity index (χ4v) is 3.87. The number of halogens is 2. The van der Waals surface area contributed by atoms with Crippen molar-refractivity contribution in [3.8, 4) is 0 Å². The van der Waals surface area contributed by atoms with Crippen LogP contribution in [0.5, 0.6) is 0 Å². The predicted octanol–water partition coefficient (Wildman–Crippen LogP) is 3.97. The van der Waals surface area contributed by atoms with E-state index in [9.17, 15) is 9.18 Å². The maximum absolute atomic E-state index is 13.6. The van der Waals surface area contributed by atoms with Crippen LogP contribution in [0.2, 0.25) is 5.02 Å². The number of hydrogen-bond donors (Lipinski definition) is 2. The number of carbonyl (C=O) groups is 1. The van der Waals surface area contributed by atoms with Gasteiger partial charge in [-0.1, -0.05) is 36.0 Å². The van der Waals surface area contributed by atoms with Crippen molar-refractivity contribution >= 4 is 34.2 Å². The van der Waals surface area contributed by atoms with E-state index in [1.54, 1.807) is 13.0 Å². The van der Waals surface area contributed by atoms with Crippen molar-refractivity contribution in [2.24, 2.45) is 5.73 Å². The second-order valence-corrected chi connectivity index (χ2v) is 8.00. The van der Waals surface area contributed by atoms with E-state index in [0.29, 0.717) is 33.7 Å². The summed E-state index contributed by atoms with van der Waals surface area (Å²) in [6.45, 7) is 7.30. The topological polar surface area (TPSA) is 58.4 Å². The van der Waals surface area contributed by atoms with E-state index in [4.69, 9.17) is 17.3 Å². The van der Waals surface area contributed by atoms with Gasteiger partial charge in [-0.25, -0.2) is 4.39 Å². The Hall–Kier alpha value is -1.50. The molecule has 1 unspecified atom stereocenters. The first-order valence-electron chi connectivity index (χ1n) is 8.56. The average Bonchev–Trinajstić information content (AvgIpc) is 2.99. The number of nitrogens with one attached hydrogen (secondary N) is 1. The lowest BCUT2D eigenvalue weighted by Gasteiger charge is -2.19. The third-order valence-electron chi connectivity index (χ3n) is 4.47. The fraction of sp³-hybridized carbons (Fsp3) is 0.421. The molecule has 1 fully saturated rings. The Bertz CT molecular complexity index is 719. The zero-order valence-electron chi connectivity index (χ0n) is 15.1. The van der Waals surface area contributed by atoms with Crippen LogP contribution in [-0.2, 0) is 4.79 Å². The van der Waals surface area contributed by atoms with Crippen molar-refractivity contribution in [3.05, 3.63) is 51.8 Å². The monoisotopic (exact) mass is 397 g/mol. The van der Waals surface area contributed by atoms with Crippen LogP contribution in [-0.4, -0.2) is 37.0 Å². The van der Waals surface area contributed by atoms with Crippen molar-refractivity contribution in [2.45, 2.75) is 32.2 Å². The highest BCUT2D eigenvalue weighted by atomic mass is 35.5. The molecule has 0 bridgehead atoms. The minimum Gasteiger partial charge on any atom is -0.401 e. The average molecular weight is 398 g/mol. The van der Waals surface area contributed by atoms with Gasteiger partial charge in [-0.2, -0.15) is 0 Å². The Morgan fingerprint density at radius 3 is 2.85 bits per heavy atom. The number of likely N-dealkylation sites (tertiary alicyclic amines) is 1. The molecule has 1 atom stereocenters. The molecule has 1 heterocycles. The van der Waals surface area contributed by atoms with E-state index in [-0.39, 0.29) is 10.9 Å². The third-order valence-corrected chi connectivity index (χ3v) is 5.97. The summed E-state index contributed by atoms with van der Waals surface area (Å²) in [5.74, 6) is -0.753. The molecule has 0 saturated carbocycles. The number of hydrogen-bond acceptors (Lipinski definition) is 4. The molecule has 1 amide bonds. The van der Waals surface area contributed by atoms with Crippen LogP contribution in [0.1, 0.15) is 31.7 Å². The molecule has 1 aromatic carbocycles. The molecular weight excluding hydrogens is 373 g/mol. The Morgan fingerprint density at radius 1 is 1.54 bits per heavy atom. The molecule has 0 aliphatic carbocycles. The molecule has 7 heteroatoms. The summed E-state index contributed by atoms with van der Waals surface area (Å²) >= 11 is 6.84. The van der Waals surface area contributed by atoms with Gasteiger partial charge in [-0.15, -0.1) is 0 Å². The first-order valence-corrected chi connectivity index (χ1v) is 9.76. The van der Waals surface area contributed by atoms with Gasteiger partial charge in [0.05, 0.1) is 9.93 Å². The second-order valence-electron chi connectivity index (χ2n) is 6.49. The summed E-state index contributed by atoms with van der Waals surface area (Å²) < 4.78 is 13.6. The van der Waals surface area contributed by atoms with Crippen molar-refractivity contribution in [1.82, 2.24) is 10.2 Å². The van der Waals surface area contributed by atoms with Crippen LogP contribution in [0, 0.1) is 5.82 Å². The molecule has 1 aliphatic heterocycles. The lowest BCUT2D eigenvalue weighted by Crippen LogP contribution is -2.32. The summed E-state index contributed by atoms with van der Waals surface area (Å²) in [7, 11) is 2.11. The van der Waals surface area contributed by atoms with Gasteiger partial charge in [-0.3, -0.25) is 4.79 Å². The zero-order chi connectivity index (χ0) is 19.3. The summed E-state index contributed by atoms with van der Waals surface area (Å²) in [5.41, 5.74) is 6.86. The SMILES string of the molecule is C=C(S/C(C(=O)NCCC1CCCN1C)=C(/C)N)c1ccc(Cl)c(F)c1. The van der Waals surface area contributed by atoms with E-state index in [1.807, 2.05) is 0 Å². The smallest absolute Gasteiger partial charge is 0.259 e. The maximum Gasteiger partial charge on any atom is 0.259 e. The Morgan fingerprint density at radius 2 is 2.27 bits per heavy atom. The number of amides is 1. The fourth-order valence-electron chi connectivity index (χ4n) is 2.93. The number of thioether (sulfide) groups is 1. The molecule has 1 aliphatic rings. The number of nitrogens with zero attached hydrogens (tertiary/aromatic N) is 1. The zero-order valence-corrected chi connectivity index (χ0v) is 16.7. The van der Waals surface area contributed by atoms with Crippen LogP contribution in [0.15, 0.2) is 35.4 Å². The van der Waals surface area contributed by atoms with Gasteiger partial charge >= 0.3 is 0 Å². The van der Waals surface area contributed by atoms with Gasteiger partial charge in [0.15, 0.2) is 0 Å². The molecule has 1 saturated heterocycles. The standard InChI is InChI=1S/C19H25ClFN3OS/c1-12(22)18(19(25)23-9-8-15-5-4-10-24(15)3)26-13(2)14-6-7-16(20)17(21)11-14/h6-7,11,15H,2,4-5,8-10,22H2,1,3H3,(H,23,25)/b18-12-. The molecule has 4 nitrogen and oxygen atoms in total. The van der Waals surface area contributed by atoms with E-state index in [2.05, 4.69) is 23.8 Å². The van der Waals surface area contributed by atoms with E-state index in [1.165, 1.54) is 25.0 Å². The molecule has 1 aromatic rings. The molecule has 0 spiro atoms. The summed E-state index contributed by atoms with van der Waals surface area (Å²) in [6, 6.07) is 4.95. The number of rotatable bonds is 7. The lowest BCUT2D eigenvalue weighted by atomic mass is 10.1. The first kappa shape index (κ1) is 20.8. The van der Waals surface area contributed by atoms with E-state index < -0.39 is 5.82 Å². The second kappa shape index (κ2) is 9.44. The minimum absolute atomic E-state index is 0.0481. The Labute approximate surface area is 163 Å². The maximum atomic E-state index is 13.6. The summed E-state index contributed by atoms with van der Waals surface area (Å²) in [4.78, 5) is 15.7. The van der Waals surface area contributed by atoms with Gasteiger partial charge < -0.3 is 16.0 Å². The van der Waals surface area contributed by atoms with Crippen molar-refractivity contribution < 1.29 is 9.18 Å². The molecule has 142 valence electrons. The Kier molecular flexibility index (Phi) is 7.55. The third kappa shape index (κ3) is 5.50. The van der Waals surface area contributed by atoms with Crippen LogP contribution >= 0.6 is 23.4 Å². The van der Waals surface area contributed by atoms with Crippen LogP contribution in [0.3, 0.4) is 0 Å². The van der Waals surface area contributed by atoms with Crippen molar-refractivity contribution in [2.75, 3.05) is 20.1 Å². The van der Waals surface area contributed by atoms with Gasteiger partial charge in [0, 0.05) is 23.2 Å². The number of nitrogens with two attached hydrogens (primary N) is 1. The largest absolute Gasteiger partial charge is 0.401 e. The summed E-state index contributed by atoms with van der Waals surface area (Å²) in [5, 5.41) is 2.98. The molecule has 2 rings (SSSR count). The minimum atomic E-state index is -0.522. The highest BCUT2D eigenvalue weighted by molar-refractivity contribution is 8.12. The van der Waals surface area contributed by atoms with E-state index in [0.717, 1.165) is 24.7 Å². The molecule has 0 radical (unpaired) electrons. The van der Waals surface area contributed by atoms with Crippen LogP contribution in [0.4, 0.5) is 4.39 Å². The molecule has 3 N–H and O–H groups in total. The van der Waals surface area contributed by atoms with Gasteiger partial charge in [0.2, 0.25) is 0 Å². The highest BCUT2D eigenvalue weighted by Gasteiger charge is 2.21. The molecular formula is C19H25ClFN3OS. The van der Waals surface area contributed by atoms with Crippen LogP contribution < -0.4 is 11.1 Å². The molecule has 26 heavy (non-hydrogen) atoms. The quantitative estimate of drug-likeness (QED) is 0.683. The van der Waals surface area contributed by atoms with Gasteiger partial charge in [-0.05, 0) is 57.5 Å². The molecule has 0 aromatic heterocycles. The van der Waals surface area contributed by atoms with Crippen molar-refractivity contribution in [1.29, 1.82) is 0 Å². The summed E-state index contributed by atoms with van der Waals surface area (Å²) in [6.07, 6.45) is 3.28. The number of carbonyl (C=O) groups excluding carboxylic acids is 1. The van der Waals surface area contributed by atoms with E-state index >= 15 is 0 Å². The lowest BCUT2D eigenvalue weighted by molar-refractivity contribution is -0.116. The highest BCUT2D eigenvalue weighted by Crippen LogP contribution is 2.34. The van der Waals surface area contributed by atoms with Crippen LogP contribution in [0.25, 0.3) is 4.91 Å². The Balaban J connectivity index is 1.95.